The number of carbonyl (C=O) groups is 2. The molecule has 0 atom stereocenters. The summed E-state index contributed by atoms with van der Waals surface area (Å²) in [5.74, 6) is 0.763. The molecule has 4 rings (SSSR count). The Hall–Kier alpha value is -3.95. The third-order valence-electron chi connectivity index (χ3n) is 5.61. The van der Waals surface area contributed by atoms with Crippen molar-refractivity contribution in [3.05, 3.63) is 66.2 Å². The predicted octanol–water partition coefficient (Wildman–Crippen LogP) is 5.58. The number of rotatable bonds is 11. The molecule has 3 aromatic carbocycles. The van der Waals surface area contributed by atoms with Crippen LogP contribution < -0.4 is 20.1 Å². The number of hydrogen-bond acceptors (Lipinski definition) is 7. The zero-order valence-corrected chi connectivity index (χ0v) is 22.9. The molecular weight excluding hydrogens is 500 g/mol. The predicted molar refractivity (Wildman–Crippen MR) is 153 cm³/mol. The van der Waals surface area contributed by atoms with Crippen LogP contribution in [-0.4, -0.2) is 55.0 Å². The SMILES string of the molecule is CCOc1ccc(NC(=O)CN(C)CC(=O)Nc2ccc(-c3nc4ccc(C)cc4s3)cc2)cc1OCC. The quantitative estimate of drug-likeness (QED) is 0.262. The van der Waals surface area contributed by atoms with Crippen LogP contribution in [0.1, 0.15) is 19.4 Å². The van der Waals surface area contributed by atoms with Gasteiger partial charge < -0.3 is 20.1 Å². The second-order valence-corrected chi connectivity index (χ2v) is 9.89. The van der Waals surface area contributed by atoms with E-state index in [2.05, 4.69) is 29.7 Å². The number of benzene rings is 3. The maximum atomic E-state index is 12.6. The van der Waals surface area contributed by atoms with Crippen LogP contribution in [0, 0.1) is 6.92 Å². The van der Waals surface area contributed by atoms with Gasteiger partial charge in [-0.15, -0.1) is 11.3 Å². The molecule has 0 aliphatic carbocycles. The lowest BCUT2D eigenvalue weighted by atomic mass is 10.2. The van der Waals surface area contributed by atoms with E-state index in [4.69, 9.17) is 14.5 Å². The Bertz CT molecular complexity index is 1420. The molecule has 1 aromatic heterocycles. The highest BCUT2D eigenvalue weighted by molar-refractivity contribution is 7.21. The molecule has 0 saturated carbocycles. The lowest BCUT2D eigenvalue weighted by Gasteiger charge is -2.17. The number of nitrogens with one attached hydrogen (secondary N) is 2. The minimum absolute atomic E-state index is 0.0562. The molecule has 38 heavy (non-hydrogen) atoms. The molecule has 8 nitrogen and oxygen atoms in total. The minimum atomic E-state index is -0.234. The van der Waals surface area contributed by atoms with Crippen molar-refractivity contribution in [1.82, 2.24) is 9.88 Å². The fourth-order valence-electron chi connectivity index (χ4n) is 3.93. The van der Waals surface area contributed by atoms with Gasteiger partial charge in [0.1, 0.15) is 5.01 Å². The van der Waals surface area contributed by atoms with Crippen molar-refractivity contribution in [3.8, 4) is 22.1 Å². The molecule has 1 heterocycles. The van der Waals surface area contributed by atoms with E-state index in [-0.39, 0.29) is 24.9 Å². The zero-order valence-electron chi connectivity index (χ0n) is 22.0. The average Bonchev–Trinajstić information content (AvgIpc) is 3.29. The normalized spacial score (nSPS) is 11.0. The molecule has 0 radical (unpaired) electrons. The van der Waals surface area contributed by atoms with Crippen molar-refractivity contribution in [2.24, 2.45) is 0 Å². The number of carbonyl (C=O) groups excluding carboxylic acids is 2. The number of amides is 2. The largest absolute Gasteiger partial charge is 0.490 e. The summed E-state index contributed by atoms with van der Waals surface area (Å²) < 4.78 is 12.3. The Kier molecular flexibility index (Phi) is 8.93. The van der Waals surface area contributed by atoms with Crippen molar-refractivity contribution in [2.75, 3.05) is 44.0 Å². The summed E-state index contributed by atoms with van der Waals surface area (Å²) in [5, 5.41) is 6.67. The van der Waals surface area contributed by atoms with Crippen LogP contribution in [0.2, 0.25) is 0 Å². The number of hydrogen-bond donors (Lipinski definition) is 2. The summed E-state index contributed by atoms with van der Waals surface area (Å²) in [6.07, 6.45) is 0. The molecule has 0 unspecified atom stereocenters. The smallest absolute Gasteiger partial charge is 0.238 e. The van der Waals surface area contributed by atoms with Gasteiger partial charge in [-0.25, -0.2) is 4.98 Å². The number of nitrogens with zero attached hydrogens (tertiary/aromatic N) is 2. The Balaban J connectivity index is 1.28. The first-order valence-electron chi connectivity index (χ1n) is 12.5. The van der Waals surface area contributed by atoms with Gasteiger partial charge in [0.05, 0.1) is 36.5 Å². The van der Waals surface area contributed by atoms with Crippen LogP contribution in [0.3, 0.4) is 0 Å². The molecule has 9 heteroatoms. The highest BCUT2D eigenvalue weighted by atomic mass is 32.1. The summed E-state index contributed by atoms with van der Waals surface area (Å²) >= 11 is 1.65. The van der Waals surface area contributed by atoms with Crippen molar-refractivity contribution in [3.63, 3.8) is 0 Å². The average molecular weight is 533 g/mol. The van der Waals surface area contributed by atoms with Crippen LogP contribution in [0.25, 0.3) is 20.8 Å². The van der Waals surface area contributed by atoms with E-state index in [0.717, 1.165) is 20.8 Å². The maximum absolute atomic E-state index is 12.6. The van der Waals surface area contributed by atoms with Crippen LogP contribution in [0.15, 0.2) is 60.7 Å². The van der Waals surface area contributed by atoms with E-state index in [0.29, 0.717) is 36.1 Å². The highest BCUT2D eigenvalue weighted by Gasteiger charge is 2.13. The topological polar surface area (TPSA) is 92.8 Å². The molecular formula is C29H32N4O4S. The number of fused-ring (bicyclic) bond motifs is 1. The van der Waals surface area contributed by atoms with Crippen LogP contribution in [0.4, 0.5) is 11.4 Å². The Morgan fingerprint density at radius 2 is 1.47 bits per heavy atom. The first-order chi connectivity index (χ1) is 18.3. The second kappa shape index (κ2) is 12.5. The molecule has 4 aromatic rings. The first-order valence-corrected chi connectivity index (χ1v) is 13.3. The molecule has 0 spiro atoms. The third kappa shape index (κ3) is 7.08. The fourth-order valence-corrected chi connectivity index (χ4v) is 5.00. The molecule has 0 saturated heterocycles. The monoisotopic (exact) mass is 532 g/mol. The van der Waals surface area contributed by atoms with Crippen LogP contribution in [-0.2, 0) is 9.59 Å². The van der Waals surface area contributed by atoms with Gasteiger partial charge in [0.25, 0.3) is 0 Å². The standard InChI is InChI=1S/C29H32N4O4S/c1-5-36-24-14-12-22(16-25(24)37-6-2)31-28(35)18-33(4)17-27(34)30-21-10-8-20(9-11-21)29-32-23-13-7-19(3)15-26(23)38-29/h7-16H,5-6,17-18H2,1-4H3,(H,30,34)(H,31,35). The Morgan fingerprint density at radius 1 is 0.842 bits per heavy atom. The number of likely N-dealkylation sites (N-methyl/N-ethyl adjacent to an activating group) is 1. The van der Waals surface area contributed by atoms with Gasteiger partial charge in [-0.05, 0) is 81.9 Å². The van der Waals surface area contributed by atoms with Gasteiger partial charge in [0, 0.05) is 23.0 Å². The molecule has 198 valence electrons. The van der Waals surface area contributed by atoms with Gasteiger partial charge in [-0.3, -0.25) is 14.5 Å². The first kappa shape index (κ1) is 27.1. The lowest BCUT2D eigenvalue weighted by Crippen LogP contribution is -2.36. The molecule has 0 bridgehead atoms. The highest BCUT2D eigenvalue weighted by Crippen LogP contribution is 2.32. The number of ether oxygens (including phenoxy) is 2. The van der Waals surface area contributed by atoms with Gasteiger partial charge in [0.15, 0.2) is 11.5 Å². The van der Waals surface area contributed by atoms with Crippen molar-refractivity contribution in [1.29, 1.82) is 0 Å². The number of aromatic nitrogens is 1. The van der Waals surface area contributed by atoms with Crippen molar-refractivity contribution < 1.29 is 19.1 Å². The van der Waals surface area contributed by atoms with E-state index in [1.165, 1.54) is 5.56 Å². The van der Waals surface area contributed by atoms with Crippen molar-refractivity contribution in [2.45, 2.75) is 20.8 Å². The van der Waals surface area contributed by atoms with Crippen LogP contribution in [0.5, 0.6) is 11.5 Å². The van der Waals surface area contributed by atoms with E-state index >= 15 is 0 Å². The summed E-state index contributed by atoms with van der Waals surface area (Å²) in [6, 6.07) is 19.1. The molecule has 2 amide bonds. The number of thiazole rings is 1. The molecule has 2 N–H and O–H groups in total. The Labute approximate surface area is 226 Å². The van der Waals surface area contributed by atoms with Gasteiger partial charge in [0.2, 0.25) is 11.8 Å². The second-order valence-electron chi connectivity index (χ2n) is 8.86. The zero-order chi connectivity index (χ0) is 27.1. The molecule has 0 aliphatic rings. The Morgan fingerprint density at radius 3 is 2.16 bits per heavy atom. The lowest BCUT2D eigenvalue weighted by molar-refractivity contribution is -0.119. The summed E-state index contributed by atoms with van der Waals surface area (Å²) in [4.78, 5) is 31.5. The van der Waals surface area contributed by atoms with E-state index in [1.807, 2.05) is 44.2 Å². The van der Waals surface area contributed by atoms with Gasteiger partial charge in [-0.1, -0.05) is 6.07 Å². The molecule has 0 fully saturated rings. The number of anilines is 2. The fraction of sp³-hybridized carbons (Fsp3) is 0.276. The van der Waals surface area contributed by atoms with Gasteiger partial charge >= 0.3 is 0 Å². The van der Waals surface area contributed by atoms with E-state index in [9.17, 15) is 9.59 Å². The van der Waals surface area contributed by atoms with Gasteiger partial charge in [-0.2, -0.15) is 0 Å². The van der Waals surface area contributed by atoms with E-state index < -0.39 is 0 Å². The summed E-state index contributed by atoms with van der Waals surface area (Å²) in [5.41, 5.74) is 4.48. The summed E-state index contributed by atoms with van der Waals surface area (Å²) in [7, 11) is 1.72. The van der Waals surface area contributed by atoms with Crippen LogP contribution >= 0.6 is 11.3 Å². The minimum Gasteiger partial charge on any atom is -0.490 e. The molecule has 0 aliphatic heterocycles. The number of aryl methyl sites for hydroxylation is 1. The third-order valence-corrected chi connectivity index (χ3v) is 6.68. The summed E-state index contributed by atoms with van der Waals surface area (Å²) in [6.45, 7) is 6.99. The van der Waals surface area contributed by atoms with Crippen molar-refractivity contribution >= 4 is 44.7 Å². The van der Waals surface area contributed by atoms with E-state index in [1.54, 1.807) is 41.5 Å². The maximum Gasteiger partial charge on any atom is 0.238 e.